The van der Waals surface area contributed by atoms with Gasteiger partial charge in [-0.3, -0.25) is 14.9 Å². The first kappa shape index (κ1) is 20.2. The number of hydrogen-bond donors (Lipinski definition) is 1. The number of carbonyl (C=O) groups is 1. The monoisotopic (exact) mass is 431 g/mol. The van der Waals surface area contributed by atoms with Gasteiger partial charge in [0.15, 0.2) is 0 Å². The van der Waals surface area contributed by atoms with Gasteiger partial charge in [-0.1, -0.05) is 18.2 Å². The molecule has 0 aliphatic heterocycles. The Morgan fingerprint density at radius 3 is 2.23 bits per heavy atom. The van der Waals surface area contributed by atoms with Crippen LogP contribution in [0.1, 0.15) is 9.67 Å². The van der Waals surface area contributed by atoms with Gasteiger partial charge in [-0.2, -0.15) is 0 Å². The number of rotatable bonds is 6. The van der Waals surface area contributed by atoms with Crippen LogP contribution in [0.5, 0.6) is 5.75 Å². The molecule has 3 aromatic carbocycles. The first-order valence-electron chi connectivity index (χ1n) is 9.31. The van der Waals surface area contributed by atoms with Crippen LogP contribution < -0.4 is 10.1 Å². The van der Waals surface area contributed by atoms with Crippen molar-refractivity contribution in [3.05, 3.63) is 93.9 Å². The highest BCUT2D eigenvalue weighted by Gasteiger charge is 2.21. The number of benzene rings is 3. The standard InChI is InChI=1S/C23H17N3O4S/c1-30-19-13-9-16(10-14-19)23-25-20(15-7-11-18(12-8-15)26(28)29)21(31-23)22(27)24-17-5-3-2-4-6-17/h2-14H,1H3,(H,24,27). The largest absolute Gasteiger partial charge is 0.497 e. The van der Waals surface area contributed by atoms with E-state index in [0.717, 1.165) is 11.3 Å². The molecule has 4 rings (SSSR count). The lowest BCUT2D eigenvalue weighted by atomic mass is 10.1. The molecule has 4 aromatic rings. The summed E-state index contributed by atoms with van der Waals surface area (Å²) in [6.07, 6.45) is 0. The van der Waals surface area contributed by atoms with Crippen molar-refractivity contribution in [2.24, 2.45) is 0 Å². The average Bonchev–Trinajstić information content (AvgIpc) is 3.25. The van der Waals surface area contributed by atoms with Crippen molar-refractivity contribution < 1.29 is 14.5 Å². The second-order valence-electron chi connectivity index (χ2n) is 6.55. The van der Waals surface area contributed by atoms with Crippen molar-refractivity contribution in [1.29, 1.82) is 0 Å². The summed E-state index contributed by atoms with van der Waals surface area (Å²) in [6.45, 7) is 0. The fraction of sp³-hybridized carbons (Fsp3) is 0.0435. The van der Waals surface area contributed by atoms with Gasteiger partial charge in [0.2, 0.25) is 0 Å². The van der Waals surface area contributed by atoms with Crippen LogP contribution >= 0.6 is 11.3 Å². The minimum Gasteiger partial charge on any atom is -0.497 e. The number of ether oxygens (including phenoxy) is 1. The van der Waals surface area contributed by atoms with Crippen molar-refractivity contribution in [3.63, 3.8) is 0 Å². The van der Waals surface area contributed by atoms with Crippen LogP contribution in [0.25, 0.3) is 21.8 Å². The van der Waals surface area contributed by atoms with Crippen LogP contribution in [-0.2, 0) is 0 Å². The van der Waals surface area contributed by atoms with E-state index >= 15 is 0 Å². The Balaban J connectivity index is 1.75. The Morgan fingerprint density at radius 1 is 0.968 bits per heavy atom. The zero-order valence-electron chi connectivity index (χ0n) is 16.4. The van der Waals surface area contributed by atoms with E-state index in [0.29, 0.717) is 26.8 Å². The molecule has 1 heterocycles. The third-order valence-corrected chi connectivity index (χ3v) is 5.66. The quantitative estimate of drug-likeness (QED) is 0.315. The topological polar surface area (TPSA) is 94.4 Å². The molecule has 1 N–H and O–H groups in total. The highest BCUT2D eigenvalue weighted by Crippen LogP contribution is 2.35. The summed E-state index contributed by atoms with van der Waals surface area (Å²) in [7, 11) is 1.59. The number of para-hydroxylation sites is 1. The molecule has 0 radical (unpaired) electrons. The van der Waals surface area contributed by atoms with Gasteiger partial charge in [-0.25, -0.2) is 4.98 Å². The number of carbonyl (C=O) groups excluding carboxylic acids is 1. The number of aromatic nitrogens is 1. The molecule has 0 atom stereocenters. The van der Waals surface area contributed by atoms with Crippen LogP contribution in [0.3, 0.4) is 0 Å². The second kappa shape index (κ2) is 8.76. The molecule has 0 bridgehead atoms. The SMILES string of the molecule is COc1ccc(-c2nc(-c3ccc([N+](=O)[O-])cc3)c(C(=O)Nc3ccccc3)s2)cc1. The second-order valence-corrected chi connectivity index (χ2v) is 7.55. The van der Waals surface area contributed by atoms with Crippen LogP contribution in [-0.4, -0.2) is 22.9 Å². The van der Waals surface area contributed by atoms with E-state index in [1.807, 2.05) is 42.5 Å². The number of hydrogen-bond acceptors (Lipinski definition) is 6. The molecule has 0 spiro atoms. The van der Waals surface area contributed by atoms with Gasteiger partial charge in [0.05, 0.1) is 17.7 Å². The average molecular weight is 431 g/mol. The number of nitro benzene ring substituents is 1. The highest BCUT2D eigenvalue weighted by molar-refractivity contribution is 7.17. The van der Waals surface area contributed by atoms with E-state index in [4.69, 9.17) is 9.72 Å². The summed E-state index contributed by atoms with van der Waals surface area (Å²) in [5, 5.41) is 14.5. The van der Waals surface area contributed by atoms with Gasteiger partial charge in [0.25, 0.3) is 11.6 Å². The maximum absolute atomic E-state index is 13.1. The molecule has 154 valence electrons. The number of thiazole rings is 1. The Hall–Kier alpha value is -4.04. The van der Waals surface area contributed by atoms with Gasteiger partial charge in [-0.05, 0) is 48.5 Å². The van der Waals surface area contributed by atoms with Crippen molar-refractivity contribution in [2.75, 3.05) is 12.4 Å². The predicted octanol–water partition coefficient (Wildman–Crippen LogP) is 5.65. The van der Waals surface area contributed by atoms with Gasteiger partial charge >= 0.3 is 0 Å². The zero-order valence-corrected chi connectivity index (χ0v) is 17.3. The number of nitro groups is 1. The van der Waals surface area contributed by atoms with E-state index in [1.54, 1.807) is 31.4 Å². The number of amides is 1. The summed E-state index contributed by atoms with van der Waals surface area (Å²) in [5.74, 6) is 0.426. The Morgan fingerprint density at radius 2 is 1.61 bits per heavy atom. The first-order chi connectivity index (χ1) is 15.0. The summed E-state index contributed by atoms with van der Waals surface area (Å²) >= 11 is 1.26. The Bertz CT molecular complexity index is 1220. The van der Waals surface area contributed by atoms with Crippen LogP contribution in [0.4, 0.5) is 11.4 Å². The zero-order chi connectivity index (χ0) is 21.8. The van der Waals surface area contributed by atoms with Gasteiger partial charge in [0, 0.05) is 28.9 Å². The van der Waals surface area contributed by atoms with E-state index in [-0.39, 0.29) is 11.6 Å². The molecule has 0 saturated heterocycles. The third-order valence-electron chi connectivity index (χ3n) is 4.55. The molecule has 0 aliphatic rings. The van der Waals surface area contributed by atoms with E-state index in [1.165, 1.54) is 23.5 Å². The van der Waals surface area contributed by atoms with Gasteiger partial charge < -0.3 is 10.1 Å². The van der Waals surface area contributed by atoms with E-state index in [2.05, 4.69) is 5.32 Å². The Kier molecular flexibility index (Phi) is 5.72. The molecule has 1 aromatic heterocycles. The van der Waals surface area contributed by atoms with Crippen molar-refractivity contribution in [2.45, 2.75) is 0 Å². The molecule has 1 amide bonds. The van der Waals surface area contributed by atoms with Crippen molar-refractivity contribution in [3.8, 4) is 27.6 Å². The van der Waals surface area contributed by atoms with Crippen LogP contribution in [0.15, 0.2) is 78.9 Å². The highest BCUT2D eigenvalue weighted by atomic mass is 32.1. The van der Waals surface area contributed by atoms with Gasteiger partial charge in [0.1, 0.15) is 15.6 Å². The molecular formula is C23H17N3O4S. The Labute approximate surface area is 182 Å². The summed E-state index contributed by atoms with van der Waals surface area (Å²) in [6, 6.07) is 22.5. The molecular weight excluding hydrogens is 414 g/mol. The number of nitrogens with zero attached hydrogens (tertiary/aromatic N) is 2. The van der Waals surface area contributed by atoms with Crippen molar-refractivity contribution in [1.82, 2.24) is 4.98 Å². The summed E-state index contributed by atoms with van der Waals surface area (Å²) < 4.78 is 5.20. The number of non-ortho nitro benzene ring substituents is 1. The molecule has 31 heavy (non-hydrogen) atoms. The molecule has 0 unspecified atom stereocenters. The van der Waals surface area contributed by atoms with E-state index in [9.17, 15) is 14.9 Å². The number of nitrogens with one attached hydrogen (secondary N) is 1. The lowest BCUT2D eigenvalue weighted by Crippen LogP contribution is -2.11. The summed E-state index contributed by atoms with van der Waals surface area (Å²) in [4.78, 5) is 28.7. The maximum atomic E-state index is 13.1. The number of methoxy groups -OCH3 is 1. The van der Waals surface area contributed by atoms with Crippen LogP contribution in [0.2, 0.25) is 0 Å². The number of anilines is 1. The minimum absolute atomic E-state index is 0.0235. The summed E-state index contributed by atoms with van der Waals surface area (Å²) in [5.41, 5.74) is 2.58. The first-order valence-corrected chi connectivity index (χ1v) is 10.1. The van der Waals surface area contributed by atoms with Crippen LogP contribution in [0, 0.1) is 10.1 Å². The van der Waals surface area contributed by atoms with Gasteiger partial charge in [-0.15, -0.1) is 11.3 Å². The normalized spacial score (nSPS) is 10.5. The predicted molar refractivity (Wildman–Crippen MR) is 121 cm³/mol. The molecule has 0 aliphatic carbocycles. The van der Waals surface area contributed by atoms with E-state index < -0.39 is 4.92 Å². The van der Waals surface area contributed by atoms with Crippen molar-refractivity contribution >= 4 is 28.6 Å². The third kappa shape index (κ3) is 4.44. The fourth-order valence-electron chi connectivity index (χ4n) is 2.98. The molecule has 7 nitrogen and oxygen atoms in total. The fourth-order valence-corrected chi connectivity index (χ4v) is 3.97. The molecule has 0 saturated carbocycles. The lowest BCUT2D eigenvalue weighted by molar-refractivity contribution is -0.384. The molecule has 0 fully saturated rings. The maximum Gasteiger partial charge on any atom is 0.269 e. The lowest BCUT2D eigenvalue weighted by Gasteiger charge is -2.05. The molecule has 8 heteroatoms. The minimum atomic E-state index is -0.462. The smallest absolute Gasteiger partial charge is 0.269 e.